The molecule has 0 spiro atoms. The first-order chi connectivity index (χ1) is 12.9. The number of aryl methyl sites for hydroxylation is 1. The van der Waals surface area contributed by atoms with Gasteiger partial charge in [0.1, 0.15) is 0 Å². The summed E-state index contributed by atoms with van der Waals surface area (Å²) in [5.41, 5.74) is 5.75. The Morgan fingerprint density at radius 1 is 0.577 bits per heavy atom. The summed E-state index contributed by atoms with van der Waals surface area (Å²) < 4.78 is 0. The summed E-state index contributed by atoms with van der Waals surface area (Å²) in [4.78, 5) is 0. The molecule has 0 fully saturated rings. The average Bonchev–Trinajstić information content (AvgIpc) is 2.73. The van der Waals surface area contributed by atoms with Gasteiger partial charge >= 0.3 is 0 Å². The van der Waals surface area contributed by atoms with Gasteiger partial charge < -0.3 is 0 Å². The maximum absolute atomic E-state index is 2.35. The molecule has 5 rings (SSSR count). The molecule has 0 heteroatoms. The molecule has 0 N–H and O–H groups in total. The van der Waals surface area contributed by atoms with Crippen LogP contribution in [0.2, 0.25) is 0 Å². The zero-order valence-electron chi connectivity index (χ0n) is 14.9. The van der Waals surface area contributed by atoms with Gasteiger partial charge in [0, 0.05) is 5.41 Å². The van der Waals surface area contributed by atoms with Crippen LogP contribution in [0.25, 0.3) is 10.8 Å². The predicted octanol–water partition coefficient (Wildman–Crippen LogP) is 6.51. The van der Waals surface area contributed by atoms with E-state index in [0.29, 0.717) is 0 Å². The molecule has 1 aliphatic carbocycles. The maximum atomic E-state index is 2.35. The summed E-state index contributed by atoms with van der Waals surface area (Å²) in [6.07, 6.45) is 3.55. The highest BCUT2D eigenvalue weighted by molar-refractivity contribution is 5.88. The highest BCUT2D eigenvalue weighted by atomic mass is 14.4. The van der Waals surface area contributed by atoms with Gasteiger partial charge in [-0.1, -0.05) is 97.1 Å². The van der Waals surface area contributed by atoms with E-state index < -0.39 is 0 Å². The summed E-state index contributed by atoms with van der Waals surface area (Å²) in [5.74, 6) is 0. The monoisotopic (exact) mass is 334 g/mol. The molecule has 1 aliphatic rings. The number of benzene rings is 4. The molecule has 1 atom stereocenters. The number of rotatable bonds is 2. The third-order valence-corrected chi connectivity index (χ3v) is 5.99. The Kier molecular flexibility index (Phi) is 3.64. The Morgan fingerprint density at radius 3 is 2.19 bits per heavy atom. The zero-order valence-corrected chi connectivity index (χ0v) is 14.9. The van der Waals surface area contributed by atoms with Crippen LogP contribution in [-0.2, 0) is 11.8 Å². The van der Waals surface area contributed by atoms with E-state index in [2.05, 4.69) is 97.1 Å². The second-order valence-electron chi connectivity index (χ2n) is 7.31. The van der Waals surface area contributed by atoms with Gasteiger partial charge in [-0.3, -0.25) is 0 Å². The minimum atomic E-state index is -0.0725. The highest BCUT2D eigenvalue weighted by Crippen LogP contribution is 2.49. The molecule has 0 nitrogen and oxygen atoms in total. The Bertz CT molecular complexity index is 1060. The van der Waals surface area contributed by atoms with Crippen LogP contribution >= 0.6 is 0 Å². The third kappa shape index (κ3) is 2.22. The quantitative estimate of drug-likeness (QED) is 0.392. The third-order valence-electron chi connectivity index (χ3n) is 5.99. The van der Waals surface area contributed by atoms with E-state index in [9.17, 15) is 0 Å². The topological polar surface area (TPSA) is 0 Å². The fraction of sp³-hybridized carbons (Fsp3) is 0.154. The molecule has 0 saturated carbocycles. The van der Waals surface area contributed by atoms with E-state index in [0.717, 1.165) is 6.42 Å². The Labute approximate surface area is 155 Å². The molecule has 0 radical (unpaired) electrons. The molecule has 4 aromatic rings. The van der Waals surface area contributed by atoms with Crippen molar-refractivity contribution < 1.29 is 0 Å². The molecular weight excluding hydrogens is 312 g/mol. The first-order valence-electron chi connectivity index (χ1n) is 9.52. The molecule has 0 bridgehead atoms. The van der Waals surface area contributed by atoms with Gasteiger partial charge in [0.2, 0.25) is 0 Å². The van der Waals surface area contributed by atoms with Crippen molar-refractivity contribution in [3.63, 3.8) is 0 Å². The molecule has 0 saturated heterocycles. The van der Waals surface area contributed by atoms with E-state index in [1.54, 1.807) is 0 Å². The minimum absolute atomic E-state index is 0.0725. The number of fused-ring (bicyclic) bond motifs is 2. The lowest BCUT2D eigenvalue weighted by molar-refractivity contribution is 0.501. The second kappa shape index (κ2) is 6.14. The van der Waals surface area contributed by atoms with E-state index in [1.165, 1.54) is 45.9 Å². The van der Waals surface area contributed by atoms with Gasteiger partial charge in [-0.05, 0) is 52.3 Å². The SMILES string of the molecule is c1ccc(C2(c3cccc4ccccc34)CCCc3ccccc32)cc1. The van der Waals surface area contributed by atoms with E-state index in [-0.39, 0.29) is 5.41 Å². The maximum Gasteiger partial charge on any atom is 0.0460 e. The standard InChI is InChI=1S/C26H22/c1-2-14-22(15-3-1)26(19-9-13-21-11-5-7-17-24(21)26)25-18-8-12-20-10-4-6-16-23(20)25/h1-8,10-12,14-18H,9,13,19H2. The lowest BCUT2D eigenvalue weighted by Gasteiger charge is -2.41. The van der Waals surface area contributed by atoms with Crippen molar-refractivity contribution in [3.05, 3.63) is 119 Å². The first-order valence-corrected chi connectivity index (χ1v) is 9.52. The summed E-state index contributed by atoms with van der Waals surface area (Å²) in [6.45, 7) is 0. The van der Waals surface area contributed by atoms with Crippen LogP contribution in [0.1, 0.15) is 35.1 Å². The normalized spacial score (nSPS) is 19.2. The fourth-order valence-corrected chi connectivity index (χ4v) is 4.89. The van der Waals surface area contributed by atoms with Crippen LogP contribution in [0.15, 0.2) is 97.1 Å². The van der Waals surface area contributed by atoms with Gasteiger partial charge in [0.25, 0.3) is 0 Å². The fourth-order valence-electron chi connectivity index (χ4n) is 4.89. The predicted molar refractivity (Wildman–Crippen MR) is 110 cm³/mol. The Morgan fingerprint density at radius 2 is 1.27 bits per heavy atom. The summed E-state index contributed by atoms with van der Waals surface area (Å²) in [5, 5.41) is 2.69. The zero-order chi connectivity index (χ0) is 17.4. The molecule has 0 aromatic heterocycles. The molecule has 0 amide bonds. The average molecular weight is 334 g/mol. The lowest BCUT2D eigenvalue weighted by atomic mass is 9.61. The summed E-state index contributed by atoms with van der Waals surface area (Å²) in [7, 11) is 0. The van der Waals surface area contributed by atoms with Crippen LogP contribution in [0.5, 0.6) is 0 Å². The van der Waals surface area contributed by atoms with Crippen LogP contribution in [0.3, 0.4) is 0 Å². The molecule has 0 aliphatic heterocycles. The Hall–Kier alpha value is -2.86. The number of hydrogen-bond donors (Lipinski definition) is 0. The van der Waals surface area contributed by atoms with E-state index in [1.807, 2.05) is 0 Å². The van der Waals surface area contributed by atoms with Crippen molar-refractivity contribution in [2.75, 3.05) is 0 Å². The van der Waals surface area contributed by atoms with Crippen molar-refractivity contribution in [3.8, 4) is 0 Å². The minimum Gasteiger partial charge on any atom is -0.0622 e. The van der Waals surface area contributed by atoms with Crippen LogP contribution in [0.4, 0.5) is 0 Å². The molecular formula is C26H22. The molecule has 1 unspecified atom stereocenters. The smallest absolute Gasteiger partial charge is 0.0460 e. The Balaban J connectivity index is 1.91. The van der Waals surface area contributed by atoms with Crippen molar-refractivity contribution in [1.82, 2.24) is 0 Å². The molecule has 26 heavy (non-hydrogen) atoms. The van der Waals surface area contributed by atoms with Crippen molar-refractivity contribution in [2.45, 2.75) is 24.7 Å². The highest BCUT2D eigenvalue weighted by Gasteiger charge is 2.40. The van der Waals surface area contributed by atoms with Crippen LogP contribution in [-0.4, -0.2) is 0 Å². The van der Waals surface area contributed by atoms with Gasteiger partial charge in [-0.25, -0.2) is 0 Å². The van der Waals surface area contributed by atoms with Crippen LogP contribution < -0.4 is 0 Å². The summed E-state index contributed by atoms with van der Waals surface area (Å²) >= 11 is 0. The molecule has 126 valence electrons. The molecule has 0 heterocycles. The van der Waals surface area contributed by atoms with E-state index in [4.69, 9.17) is 0 Å². The largest absolute Gasteiger partial charge is 0.0622 e. The van der Waals surface area contributed by atoms with Gasteiger partial charge in [-0.15, -0.1) is 0 Å². The lowest BCUT2D eigenvalue weighted by Crippen LogP contribution is -2.33. The van der Waals surface area contributed by atoms with Crippen molar-refractivity contribution >= 4 is 10.8 Å². The number of hydrogen-bond acceptors (Lipinski definition) is 0. The van der Waals surface area contributed by atoms with Crippen LogP contribution in [0, 0.1) is 0 Å². The van der Waals surface area contributed by atoms with Crippen molar-refractivity contribution in [1.29, 1.82) is 0 Å². The van der Waals surface area contributed by atoms with E-state index >= 15 is 0 Å². The molecule has 4 aromatic carbocycles. The summed E-state index contributed by atoms with van der Waals surface area (Å²) in [6, 6.07) is 35.8. The van der Waals surface area contributed by atoms with Crippen molar-refractivity contribution in [2.24, 2.45) is 0 Å². The van der Waals surface area contributed by atoms with Gasteiger partial charge in [-0.2, -0.15) is 0 Å². The first kappa shape index (κ1) is 15.4. The van der Waals surface area contributed by atoms with Gasteiger partial charge in [0.05, 0.1) is 0 Å². The van der Waals surface area contributed by atoms with Gasteiger partial charge in [0.15, 0.2) is 0 Å². The second-order valence-corrected chi connectivity index (χ2v) is 7.31.